The fourth-order valence-electron chi connectivity index (χ4n) is 4.30. The van der Waals surface area contributed by atoms with E-state index in [1.807, 2.05) is 13.8 Å². The van der Waals surface area contributed by atoms with E-state index in [9.17, 15) is 47.9 Å². The van der Waals surface area contributed by atoms with Crippen LogP contribution in [-0.4, -0.2) is 56.4 Å². The van der Waals surface area contributed by atoms with Gasteiger partial charge in [0.25, 0.3) is 0 Å². The second-order valence-corrected chi connectivity index (χ2v) is 14.6. The standard InChI is InChI=1S/C26H31F9O5S2/c1-3-5-13-38-18-9-10-19-20(17-18)22(12-11-21(19)39-14-6-4-2)41(15-7-8-16-41)40-42(36,37)26(34,35)24(29,30)23(27,28)25(31,32)33/h9-12,17H,3-8,13-16H2,1-2H3. The predicted molar refractivity (Wildman–Crippen MR) is 140 cm³/mol. The summed E-state index contributed by atoms with van der Waals surface area (Å²) in [5.74, 6) is -14.6. The Hall–Kier alpha value is -2.07. The third-order valence-electron chi connectivity index (χ3n) is 6.68. The van der Waals surface area contributed by atoms with Gasteiger partial charge in [-0.2, -0.15) is 47.9 Å². The first kappa shape index (κ1) is 34.4. The summed E-state index contributed by atoms with van der Waals surface area (Å²) < 4.78 is 164. The Labute approximate surface area is 239 Å². The van der Waals surface area contributed by atoms with Crippen molar-refractivity contribution >= 4 is 31.2 Å². The largest absolute Gasteiger partial charge is 0.494 e. The second kappa shape index (κ2) is 12.5. The van der Waals surface area contributed by atoms with Gasteiger partial charge in [0.2, 0.25) is 0 Å². The second-order valence-electron chi connectivity index (χ2n) is 9.79. The smallest absolute Gasteiger partial charge is 0.460 e. The lowest BCUT2D eigenvalue weighted by Crippen LogP contribution is -2.63. The molecule has 16 heteroatoms. The van der Waals surface area contributed by atoms with Crippen molar-refractivity contribution < 1.29 is 61.0 Å². The molecule has 240 valence electrons. The van der Waals surface area contributed by atoms with Crippen molar-refractivity contribution in [1.29, 1.82) is 0 Å². The van der Waals surface area contributed by atoms with Crippen LogP contribution in [0.1, 0.15) is 52.4 Å². The van der Waals surface area contributed by atoms with Crippen LogP contribution in [0, 0.1) is 0 Å². The van der Waals surface area contributed by atoms with Gasteiger partial charge in [0, 0.05) is 27.2 Å². The molecule has 0 spiro atoms. The van der Waals surface area contributed by atoms with Gasteiger partial charge in [0.1, 0.15) is 11.5 Å². The summed E-state index contributed by atoms with van der Waals surface area (Å²) in [5.41, 5.74) is 0. The van der Waals surface area contributed by atoms with E-state index in [0.29, 0.717) is 42.9 Å². The van der Waals surface area contributed by atoms with E-state index >= 15 is 0 Å². The third kappa shape index (κ3) is 6.26. The molecule has 2 aromatic rings. The number of unbranched alkanes of at least 4 members (excludes halogenated alkanes) is 2. The zero-order valence-corrected chi connectivity index (χ0v) is 24.4. The van der Waals surface area contributed by atoms with E-state index in [0.717, 1.165) is 12.8 Å². The van der Waals surface area contributed by atoms with Crippen molar-refractivity contribution in [2.75, 3.05) is 24.7 Å². The molecule has 1 aliphatic rings. The Morgan fingerprint density at radius 3 is 1.88 bits per heavy atom. The number of hydrogen-bond acceptors (Lipinski definition) is 5. The van der Waals surface area contributed by atoms with Crippen molar-refractivity contribution in [2.45, 2.75) is 80.5 Å². The molecule has 0 bridgehead atoms. The third-order valence-corrected chi connectivity index (χ3v) is 12.4. The molecule has 3 rings (SSSR count). The van der Waals surface area contributed by atoms with Crippen molar-refractivity contribution in [3.05, 3.63) is 30.3 Å². The highest BCUT2D eigenvalue weighted by Gasteiger charge is 2.86. The topological polar surface area (TPSA) is 61.8 Å². The Kier molecular flexibility index (Phi) is 10.2. The quantitative estimate of drug-likeness (QED) is 0.150. The van der Waals surface area contributed by atoms with Crippen LogP contribution in [-0.2, 0) is 13.7 Å². The van der Waals surface area contributed by atoms with Crippen molar-refractivity contribution in [1.82, 2.24) is 0 Å². The molecule has 0 unspecified atom stereocenters. The van der Waals surface area contributed by atoms with Gasteiger partial charge in [0.15, 0.2) is 0 Å². The van der Waals surface area contributed by atoms with Gasteiger partial charge in [0.05, 0.1) is 13.2 Å². The molecular weight excluding hydrogens is 627 g/mol. The number of benzene rings is 2. The SMILES string of the molecule is CCCCOc1ccc2c(OCCCC)ccc(S3(OS(=O)(=O)C(F)(F)C(F)(F)C(F)(F)C(F)(F)F)CCCC3)c2c1. The first-order valence-corrected chi connectivity index (χ1v) is 16.5. The van der Waals surface area contributed by atoms with Crippen molar-refractivity contribution in [2.24, 2.45) is 0 Å². The molecule has 0 aliphatic carbocycles. The monoisotopic (exact) mass is 658 g/mol. The summed E-state index contributed by atoms with van der Waals surface area (Å²) >= 11 is 0. The minimum Gasteiger partial charge on any atom is -0.494 e. The molecule has 1 heterocycles. The van der Waals surface area contributed by atoms with Crippen LogP contribution in [0.2, 0.25) is 0 Å². The maximum Gasteiger partial charge on any atom is 0.460 e. The average Bonchev–Trinajstić information content (AvgIpc) is 3.36. The summed E-state index contributed by atoms with van der Waals surface area (Å²) in [6.45, 7) is 4.47. The Bertz CT molecular complexity index is 1340. The fourth-order valence-corrected chi connectivity index (χ4v) is 10.2. The van der Waals surface area contributed by atoms with Crippen LogP contribution in [0.5, 0.6) is 11.5 Å². The van der Waals surface area contributed by atoms with E-state index < -0.39 is 43.7 Å². The van der Waals surface area contributed by atoms with Crippen LogP contribution in [0.3, 0.4) is 0 Å². The predicted octanol–water partition coefficient (Wildman–Crippen LogP) is 8.84. The lowest BCUT2D eigenvalue weighted by molar-refractivity contribution is -0.382. The molecule has 0 radical (unpaired) electrons. The summed E-state index contributed by atoms with van der Waals surface area (Å²) in [5, 5.41) is -6.33. The van der Waals surface area contributed by atoms with Crippen molar-refractivity contribution in [3.63, 3.8) is 0 Å². The molecule has 0 amide bonds. The first-order valence-electron chi connectivity index (χ1n) is 13.2. The summed E-state index contributed by atoms with van der Waals surface area (Å²) in [6.07, 6.45) is -3.82. The van der Waals surface area contributed by atoms with Crippen LogP contribution in [0.25, 0.3) is 10.8 Å². The zero-order chi connectivity index (χ0) is 31.6. The molecule has 1 saturated heterocycles. The molecule has 1 aliphatic heterocycles. The Morgan fingerprint density at radius 1 is 0.762 bits per heavy atom. The maximum absolute atomic E-state index is 14.7. The first-order chi connectivity index (χ1) is 19.4. The molecule has 42 heavy (non-hydrogen) atoms. The summed E-state index contributed by atoms with van der Waals surface area (Å²) in [7, 11) is -10.5. The van der Waals surface area contributed by atoms with Gasteiger partial charge in [-0.1, -0.05) is 37.0 Å². The highest BCUT2D eigenvalue weighted by atomic mass is 32.3. The van der Waals surface area contributed by atoms with Crippen LogP contribution in [0.4, 0.5) is 39.5 Å². The molecule has 0 aromatic heterocycles. The number of alkyl halides is 9. The van der Waals surface area contributed by atoms with E-state index in [2.05, 4.69) is 0 Å². The summed E-state index contributed by atoms with van der Waals surface area (Å²) in [4.78, 5) is 0.00376. The van der Waals surface area contributed by atoms with E-state index in [1.54, 1.807) is 12.1 Å². The average molecular weight is 659 g/mol. The number of rotatable bonds is 14. The highest BCUT2D eigenvalue weighted by Crippen LogP contribution is 2.67. The lowest BCUT2D eigenvalue weighted by atomic mass is 10.1. The zero-order valence-electron chi connectivity index (χ0n) is 22.7. The van der Waals surface area contributed by atoms with Gasteiger partial charge in [-0.15, -0.1) is 0 Å². The molecule has 2 aromatic carbocycles. The van der Waals surface area contributed by atoms with Crippen molar-refractivity contribution in [3.8, 4) is 11.5 Å². The van der Waals surface area contributed by atoms with Gasteiger partial charge < -0.3 is 9.47 Å². The Balaban J connectivity index is 2.16. The highest BCUT2D eigenvalue weighted by molar-refractivity contribution is 8.33. The van der Waals surface area contributed by atoms with Crippen LogP contribution >= 0.6 is 10.3 Å². The van der Waals surface area contributed by atoms with Gasteiger partial charge in [-0.25, -0.2) is 3.63 Å². The Morgan fingerprint density at radius 2 is 1.33 bits per heavy atom. The number of ether oxygens (including phenoxy) is 2. The molecule has 0 atom stereocenters. The van der Waals surface area contributed by atoms with E-state index in [1.165, 1.54) is 18.2 Å². The normalized spacial score (nSPS) is 17.4. The summed E-state index contributed by atoms with van der Waals surface area (Å²) in [6, 6.07) is 7.37. The van der Waals surface area contributed by atoms with Crippen LogP contribution in [0.15, 0.2) is 35.2 Å². The van der Waals surface area contributed by atoms with E-state index in [4.69, 9.17) is 13.1 Å². The molecule has 0 N–H and O–H groups in total. The molecule has 0 saturated carbocycles. The lowest BCUT2D eigenvalue weighted by Gasteiger charge is -2.39. The number of fused-ring (bicyclic) bond motifs is 1. The van der Waals surface area contributed by atoms with E-state index in [-0.39, 0.29) is 34.6 Å². The van der Waals surface area contributed by atoms with Gasteiger partial charge >= 0.3 is 33.4 Å². The molecule has 1 fully saturated rings. The number of hydrogen-bond donors (Lipinski definition) is 0. The fraction of sp³-hybridized carbons (Fsp3) is 0.615. The minimum atomic E-state index is -7.38. The number of halogens is 9. The molecular formula is C26H31F9O5S2. The minimum absolute atomic E-state index is 0.00376. The van der Waals surface area contributed by atoms with Gasteiger partial charge in [-0.05, 0) is 56.0 Å². The van der Waals surface area contributed by atoms with Gasteiger partial charge in [-0.3, -0.25) is 0 Å². The van der Waals surface area contributed by atoms with Crippen LogP contribution < -0.4 is 9.47 Å². The maximum atomic E-state index is 14.7. The molecule has 5 nitrogen and oxygen atoms in total.